The van der Waals surface area contributed by atoms with Crippen molar-refractivity contribution in [1.29, 1.82) is 0 Å². The largest absolute Gasteiger partial charge is 0.320 e. The zero-order chi connectivity index (χ0) is 10.8. The molecule has 0 aliphatic carbocycles. The number of hydrogen-bond acceptors (Lipinski definition) is 3. The zero-order valence-electron chi connectivity index (χ0n) is 8.24. The van der Waals surface area contributed by atoms with E-state index in [1.165, 1.54) is 13.3 Å². The molecular formula is C8H14F2N4. The number of hydrogen-bond donors (Lipinski definition) is 1. The van der Waals surface area contributed by atoms with Crippen LogP contribution in [0.4, 0.5) is 8.78 Å². The van der Waals surface area contributed by atoms with Crippen molar-refractivity contribution in [2.75, 3.05) is 0 Å². The van der Waals surface area contributed by atoms with Gasteiger partial charge in [-0.1, -0.05) is 0 Å². The molecule has 0 aromatic carbocycles. The maximum Gasteiger partial charge on any atom is 0.256 e. The molecule has 4 nitrogen and oxygen atoms in total. The van der Waals surface area contributed by atoms with Crippen LogP contribution in [0.15, 0.2) is 6.33 Å². The molecule has 0 saturated carbocycles. The Balaban J connectivity index is 2.78. The SMILES string of the molecule is CCn1ncnc1CC(C)(N)C(F)F. The topological polar surface area (TPSA) is 56.7 Å². The fourth-order valence-corrected chi connectivity index (χ4v) is 1.11. The molecule has 0 fully saturated rings. The number of nitrogens with zero attached hydrogens (tertiary/aromatic N) is 3. The molecule has 14 heavy (non-hydrogen) atoms. The van der Waals surface area contributed by atoms with Crippen LogP contribution >= 0.6 is 0 Å². The van der Waals surface area contributed by atoms with E-state index in [0.717, 1.165) is 0 Å². The summed E-state index contributed by atoms with van der Waals surface area (Å²) in [5.74, 6) is 0.498. The molecule has 0 amide bonds. The molecule has 1 rings (SSSR count). The van der Waals surface area contributed by atoms with Crippen LogP contribution in [0, 0.1) is 0 Å². The molecule has 80 valence electrons. The Labute approximate surface area is 81.1 Å². The Bertz CT molecular complexity index is 295. The monoisotopic (exact) mass is 204 g/mol. The molecule has 6 heteroatoms. The summed E-state index contributed by atoms with van der Waals surface area (Å²) >= 11 is 0. The van der Waals surface area contributed by atoms with Gasteiger partial charge in [-0.15, -0.1) is 0 Å². The standard InChI is InChI=1S/C8H14F2N4/c1-3-14-6(12-5-13-14)4-8(2,11)7(9)10/h5,7H,3-4,11H2,1-2H3. The van der Waals surface area contributed by atoms with Crippen LogP contribution in [-0.4, -0.2) is 26.7 Å². The van der Waals surface area contributed by atoms with E-state index in [4.69, 9.17) is 5.73 Å². The van der Waals surface area contributed by atoms with Crippen LogP contribution in [0.3, 0.4) is 0 Å². The Hall–Kier alpha value is -1.04. The molecule has 0 radical (unpaired) electrons. The molecule has 0 aliphatic rings. The first-order valence-corrected chi connectivity index (χ1v) is 4.41. The number of halogens is 2. The van der Waals surface area contributed by atoms with Gasteiger partial charge in [-0.3, -0.25) is 4.68 Å². The van der Waals surface area contributed by atoms with Crippen molar-refractivity contribution in [2.24, 2.45) is 5.73 Å². The highest BCUT2D eigenvalue weighted by atomic mass is 19.3. The second-order valence-electron chi connectivity index (χ2n) is 3.48. The minimum atomic E-state index is -2.57. The summed E-state index contributed by atoms with van der Waals surface area (Å²) in [6.45, 7) is 3.79. The van der Waals surface area contributed by atoms with Gasteiger partial charge in [0.25, 0.3) is 6.43 Å². The third-order valence-corrected chi connectivity index (χ3v) is 2.03. The van der Waals surface area contributed by atoms with E-state index in [1.54, 1.807) is 4.68 Å². The maximum absolute atomic E-state index is 12.5. The van der Waals surface area contributed by atoms with Crippen molar-refractivity contribution in [3.05, 3.63) is 12.2 Å². The summed E-state index contributed by atoms with van der Waals surface area (Å²) in [6.07, 6.45) is -1.19. The fourth-order valence-electron chi connectivity index (χ4n) is 1.11. The fraction of sp³-hybridized carbons (Fsp3) is 0.750. The molecule has 0 spiro atoms. The second-order valence-corrected chi connectivity index (χ2v) is 3.48. The highest BCUT2D eigenvalue weighted by Crippen LogP contribution is 2.16. The molecule has 2 N–H and O–H groups in total. The first-order chi connectivity index (χ1) is 6.47. The summed E-state index contributed by atoms with van der Waals surface area (Å²) in [4.78, 5) is 3.89. The van der Waals surface area contributed by atoms with E-state index in [9.17, 15) is 8.78 Å². The van der Waals surface area contributed by atoms with Gasteiger partial charge in [-0.05, 0) is 13.8 Å². The molecule has 1 aromatic rings. The Morgan fingerprint density at radius 2 is 2.29 bits per heavy atom. The lowest BCUT2D eigenvalue weighted by molar-refractivity contribution is 0.0622. The number of alkyl halides is 2. The molecule has 0 saturated heterocycles. The van der Waals surface area contributed by atoms with E-state index < -0.39 is 12.0 Å². The normalized spacial score (nSPS) is 15.9. The van der Waals surface area contributed by atoms with E-state index in [2.05, 4.69) is 10.1 Å². The first kappa shape index (κ1) is 11.0. The maximum atomic E-state index is 12.5. The van der Waals surface area contributed by atoms with Gasteiger partial charge < -0.3 is 5.73 Å². The summed E-state index contributed by atoms with van der Waals surface area (Å²) in [5, 5.41) is 3.88. The number of rotatable bonds is 4. The predicted molar refractivity (Wildman–Crippen MR) is 48.0 cm³/mol. The minimum Gasteiger partial charge on any atom is -0.320 e. The lowest BCUT2D eigenvalue weighted by Crippen LogP contribution is -2.46. The third-order valence-electron chi connectivity index (χ3n) is 2.03. The zero-order valence-corrected chi connectivity index (χ0v) is 8.24. The van der Waals surface area contributed by atoms with Crippen molar-refractivity contribution >= 4 is 0 Å². The van der Waals surface area contributed by atoms with Gasteiger partial charge in [-0.25, -0.2) is 13.8 Å². The Morgan fingerprint density at radius 3 is 2.79 bits per heavy atom. The van der Waals surface area contributed by atoms with E-state index in [1.807, 2.05) is 6.92 Å². The van der Waals surface area contributed by atoms with Gasteiger partial charge in [0.1, 0.15) is 12.2 Å². The molecule has 1 unspecified atom stereocenters. The molecule has 1 aromatic heterocycles. The number of nitrogens with two attached hydrogens (primary N) is 1. The lowest BCUT2D eigenvalue weighted by atomic mass is 10.00. The van der Waals surface area contributed by atoms with Crippen LogP contribution < -0.4 is 5.73 Å². The molecular weight excluding hydrogens is 190 g/mol. The van der Waals surface area contributed by atoms with Crippen LogP contribution in [0.1, 0.15) is 19.7 Å². The van der Waals surface area contributed by atoms with Crippen molar-refractivity contribution < 1.29 is 8.78 Å². The first-order valence-electron chi connectivity index (χ1n) is 4.41. The van der Waals surface area contributed by atoms with Crippen LogP contribution in [0.2, 0.25) is 0 Å². The average Bonchev–Trinajstić information content (AvgIpc) is 2.50. The minimum absolute atomic E-state index is 0.0263. The quantitative estimate of drug-likeness (QED) is 0.790. The summed E-state index contributed by atoms with van der Waals surface area (Å²) < 4.78 is 26.5. The molecule has 1 heterocycles. The van der Waals surface area contributed by atoms with Crippen molar-refractivity contribution in [1.82, 2.24) is 14.8 Å². The van der Waals surface area contributed by atoms with Crippen molar-refractivity contribution in [3.8, 4) is 0 Å². The van der Waals surface area contributed by atoms with Gasteiger partial charge in [0, 0.05) is 13.0 Å². The van der Waals surface area contributed by atoms with Gasteiger partial charge in [0.2, 0.25) is 0 Å². The molecule has 0 bridgehead atoms. The lowest BCUT2D eigenvalue weighted by Gasteiger charge is -2.22. The van der Waals surface area contributed by atoms with Gasteiger partial charge in [0.15, 0.2) is 0 Å². The Kier molecular flexibility index (Phi) is 3.15. The highest BCUT2D eigenvalue weighted by Gasteiger charge is 2.32. The summed E-state index contributed by atoms with van der Waals surface area (Å²) in [6, 6.07) is 0. The van der Waals surface area contributed by atoms with E-state index >= 15 is 0 Å². The average molecular weight is 204 g/mol. The smallest absolute Gasteiger partial charge is 0.256 e. The van der Waals surface area contributed by atoms with E-state index in [0.29, 0.717) is 12.4 Å². The van der Waals surface area contributed by atoms with Gasteiger partial charge >= 0.3 is 0 Å². The van der Waals surface area contributed by atoms with Crippen molar-refractivity contribution in [3.63, 3.8) is 0 Å². The predicted octanol–water partition coefficient (Wildman–Crippen LogP) is 0.823. The second kappa shape index (κ2) is 4.00. The Morgan fingerprint density at radius 1 is 1.64 bits per heavy atom. The summed E-state index contributed by atoms with van der Waals surface area (Å²) in [7, 11) is 0. The van der Waals surface area contributed by atoms with Crippen LogP contribution in [0.25, 0.3) is 0 Å². The molecule has 0 aliphatic heterocycles. The van der Waals surface area contributed by atoms with E-state index in [-0.39, 0.29) is 6.42 Å². The van der Waals surface area contributed by atoms with Gasteiger partial charge in [-0.2, -0.15) is 5.10 Å². The number of aryl methyl sites for hydroxylation is 1. The van der Waals surface area contributed by atoms with Crippen LogP contribution in [-0.2, 0) is 13.0 Å². The van der Waals surface area contributed by atoms with Crippen molar-refractivity contribution in [2.45, 2.75) is 38.8 Å². The highest BCUT2D eigenvalue weighted by molar-refractivity contribution is 4.96. The number of aromatic nitrogens is 3. The summed E-state index contributed by atoms with van der Waals surface area (Å²) in [5.41, 5.74) is 3.90. The molecule has 1 atom stereocenters. The van der Waals surface area contributed by atoms with Gasteiger partial charge in [0.05, 0.1) is 5.54 Å². The van der Waals surface area contributed by atoms with Crippen LogP contribution in [0.5, 0.6) is 0 Å². The third kappa shape index (κ3) is 2.25.